The molecule has 1 aromatic carbocycles. The Kier molecular flexibility index (Phi) is 9.24. The Morgan fingerprint density at radius 1 is 1.42 bits per heavy atom. The summed E-state index contributed by atoms with van der Waals surface area (Å²) in [5.74, 6) is -0.521. The van der Waals surface area contributed by atoms with E-state index in [1.807, 2.05) is 19.9 Å². The highest BCUT2D eigenvalue weighted by atomic mass is 19.1. The van der Waals surface area contributed by atoms with Crippen LogP contribution in [0.3, 0.4) is 0 Å². The monoisotopic (exact) mass is 433 g/mol. The van der Waals surface area contributed by atoms with Gasteiger partial charge < -0.3 is 14.2 Å². The van der Waals surface area contributed by atoms with Gasteiger partial charge in [0.05, 0.1) is 17.1 Å². The number of carbonyl (C=O) groups excluding carboxylic acids is 1. The fraction of sp³-hybridized carbons (Fsp3) is 0.435. The Bertz CT molecular complexity index is 862. The molecule has 0 spiro atoms. The third kappa shape index (κ3) is 7.55. The number of hydrogen-bond donors (Lipinski definition) is 0. The van der Waals surface area contributed by atoms with Gasteiger partial charge in [-0.3, -0.25) is 14.9 Å². The van der Waals surface area contributed by atoms with Crippen LogP contribution < -0.4 is 4.74 Å². The van der Waals surface area contributed by atoms with E-state index in [-0.39, 0.29) is 30.5 Å². The molecule has 0 fully saturated rings. The normalized spacial score (nSPS) is 16.3. The van der Waals surface area contributed by atoms with Crippen molar-refractivity contribution in [2.45, 2.75) is 58.2 Å². The van der Waals surface area contributed by atoms with Gasteiger partial charge >= 0.3 is 11.7 Å². The highest BCUT2D eigenvalue weighted by molar-refractivity contribution is 5.69. The number of halogens is 1. The van der Waals surface area contributed by atoms with Crippen molar-refractivity contribution in [3.8, 4) is 5.75 Å². The topological polar surface area (TPSA) is 87.9 Å². The van der Waals surface area contributed by atoms with Crippen molar-refractivity contribution >= 4 is 11.7 Å². The van der Waals surface area contributed by atoms with E-state index in [1.165, 1.54) is 12.1 Å². The molecule has 7 nitrogen and oxygen atoms in total. The summed E-state index contributed by atoms with van der Waals surface area (Å²) in [6.07, 6.45) is 8.04. The number of ether oxygens (including phenoxy) is 3. The van der Waals surface area contributed by atoms with Crippen molar-refractivity contribution < 1.29 is 28.3 Å². The Morgan fingerprint density at radius 2 is 2.19 bits per heavy atom. The van der Waals surface area contributed by atoms with Crippen molar-refractivity contribution in [2.75, 3.05) is 6.61 Å². The SMILES string of the molecule is C=CC1=C(C/C=C\COc2cccc(F)c2[N+](=O)[O-])OC(CCC(=O)OC(C)C)CC1. The highest BCUT2D eigenvalue weighted by Gasteiger charge is 2.22. The fourth-order valence-electron chi connectivity index (χ4n) is 3.18. The molecule has 2 rings (SSSR count). The van der Waals surface area contributed by atoms with E-state index in [0.717, 1.165) is 30.2 Å². The minimum absolute atomic E-state index is 0.0471. The third-order valence-electron chi connectivity index (χ3n) is 4.62. The molecule has 1 aromatic rings. The van der Waals surface area contributed by atoms with Gasteiger partial charge in [-0.2, -0.15) is 4.39 Å². The van der Waals surface area contributed by atoms with Gasteiger partial charge in [0.15, 0.2) is 0 Å². The number of allylic oxidation sites excluding steroid dienone is 3. The van der Waals surface area contributed by atoms with Gasteiger partial charge in [-0.1, -0.05) is 30.9 Å². The smallest absolute Gasteiger partial charge is 0.346 e. The molecule has 1 aliphatic rings. The molecular formula is C23H28FNO6. The third-order valence-corrected chi connectivity index (χ3v) is 4.62. The summed E-state index contributed by atoms with van der Waals surface area (Å²) in [6.45, 7) is 7.50. The van der Waals surface area contributed by atoms with Crippen LogP contribution in [-0.4, -0.2) is 29.7 Å². The van der Waals surface area contributed by atoms with Gasteiger partial charge in [-0.25, -0.2) is 0 Å². The predicted molar refractivity (Wildman–Crippen MR) is 114 cm³/mol. The zero-order valence-electron chi connectivity index (χ0n) is 17.8. The number of carbonyl (C=O) groups is 1. The van der Waals surface area contributed by atoms with Crippen LogP contribution in [0.25, 0.3) is 0 Å². The lowest BCUT2D eigenvalue weighted by molar-refractivity contribution is -0.388. The molecule has 31 heavy (non-hydrogen) atoms. The van der Waals surface area contributed by atoms with Gasteiger partial charge in [0.1, 0.15) is 12.4 Å². The van der Waals surface area contributed by atoms with Crippen LogP contribution in [0.2, 0.25) is 0 Å². The summed E-state index contributed by atoms with van der Waals surface area (Å²) >= 11 is 0. The molecule has 0 saturated heterocycles. The number of rotatable bonds is 11. The zero-order chi connectivity index (χ0) is 22.8. The molecule has 1 unspecified atom stereocenters. The van der Waals surface area contributed by atoms with Gasteiger partial charge in [0, 0.05) is 12.8 Å². The number of nitro benzene ring substituents is 1. The van der Waals surface area contributed by atoms with Crippen molar-refractivity contribution in [1.29, 1.82) is 0 Å². The van der Waals surface area contributed by atoms with Crippen molar-refractivity contribution in [1.82, 2.24) is 0 Å². The Hall–Kier alpha value is -3.16. The van der Waals surface area contributed by atoms with Crippen LogP contribution in [0.15, 0.2) is 54.3 Å². The molecule has 0 aromatic heterocycles. The molecule has 0 saturated carbocycles. The molecule has 0 bridgehead atoms. The quantitative estimate of drug-likeness (QED) is 0.201. The second-order valence-electron chi connectivity index (χ2n) is 7.34. The maximum atomic E-state index is 13.6. The number of esters is 1. The van der Waals surface area contributed by atoms with Gasteiger partial charge in [0.25, 0.3) is 0 Å². The molecule has 0 N–H and O–H groups in total. The van der Waals surface area contributed by atoms with Crippen molar-refractivity contribution in [2.24, 2.45) is 0 Å². The molecule has 8 heteroatoms. The largest absolute Gasteiger partial charge is 0.494 e. The average Bonchev–Trinajstić information content (AvgIpc) is 2.71. The molecule has 1 atom stereocenters. The van der Waals surface area contributed by atoms with E-state index >= 15 is 0 Å². The minimum atomic E-state index is -0.939. The minimum Gasteiger partial charge on any atom is -0.494 e. The maximum Gasteiger partial charge on any atom is 0.346 e. The first kappa shape index (κ1) is 24.1. The summed E-state index contributed by atoms with van der Waals surface area (Å²) in [6, 6.07) is 3.73. The van der Waals surface area contributed by atoms with Gasteiger partial charge in [-0.15, -0.1) is 0 Å². The predicted octanol–water partition coefficient (Wildman–Crippen LogP) is 5.41. The van der Waals surface area contributed by atoms with E-state index in [4.69, 9.17) is 14.2 Å². The lowest BCUT2D eigenvalue weighted by Crippen LogP contribution is -2.21. The number of nitro groups is 1. The van der Waals surface area contributed by atoms with E-state index < -0.39 is 16.4 Å². The lowest BCUT2D eigenvalue weighted by Gasteiger charge is -2.27. The number of para-hydroxylation sites is 1. The first-order chi connectivity index (χ1) is 14.8. The second kappa shape index (κ2) is 11.9. The maximum absolute atomic E-state index is 13.6. The number of hydrogen-bond acceptors (Lipinski definition) is 6. The molecule has 168 valence electrons. The average molecular weight is 433 g/mol. The Labute approximate surface area is 181 Å². The first-order valence-corrected chi connectivity index (χ1v) is 10.2. The van der Waals surface area contributed by atoms with E-state index in [9.17, 15) is 19.3 Å². The van der Waals surface area contributed by atoms with Crippen LogP contribution in [0.4, 0.5) is 10.1 Å². The summed E-state index contributed by atoms with van der Waals surface area (Å²) in [5, 5.41) is 11.0. The summed E-state index contributed by atoms with van der Waals surface area (Å²) in [5.41, 5.74) is 0.328. The second-order valence-corrected chi connectivity index (χ2v) is 7.34. The van der Waals surface area contributed by atoms with Crippen LogP contribution in [0.1, 0.15) is 46.0 Å². The fourth-order valence-corrected chi connectivity index (χ4v) is 3.18. The van der Waals surface area contributed by atoms with E-state index in [1.54, 1.807) is 12.2 Å². The Morgan fingerprint density at radius 3 is 2.87 bits per heavy atom. The standard InChI is InChI=1S/C23H28FNO6/c1-4-17-11-12-18(13-14-22(26)30-16(2)3)31-20(17)9-5-6-15-29-21-10-7-8-19(24)23(21)25(27)28/h4-8,10,16,18H,1,9,11-15H2,2-3H3/b6-5-. The lowest BCUT2D eigenvalue weighted by atomic mass is 9.98. The Balaban J connectivity index is 1.88. The van der Waals surface area contributed by atoms with Gasteiger partial charge in [0.2, 0.25) is 11.6 Å². The highest BCUT2D eigenvalue weighted by Crippen LogP contribution is 2.30. The molecule has 0 radical (unpaired) electrons. The van der Waals surface area contributed by atoms with Crippen molar-refractivity contribution in [3.05, 3.63) is 70.3 Å². The molecular weight excluding hydrogens is 405 g/mol. The van der Waals surface area contributed by atoms with Gasteiger partial charge in [-0.05, 0) is 50.8 Å². The summed E-state index contributed by atoms with van der Waals surface area (Å²) in [7, 11) is 0. The number of benzene rings is 1. The van der Waals surface area contributed by atoms with Crippen LogP contribution >= 0.6 is 0 Å². The van der Waals surface area contributed by atoms with Crippen molar-refractivity contribution in [3.63, 3.8) is 0 Å². The summed E-state index contributed by atoms with van der Waals surface area (Å²) < 4.78 is 30.2. The van der Waals surface area contributed by atoms with E-state index in [2.05, 4.69) is 6.58 Å². The zero-order valence-corrected chi connectivity index (χ0v) is 17.8. The van der Waals surface area contributed by atoms with Crippen LogP contribution in [0.5, 0.6) is 5.75 Å². The van der Waals surface area contributed by atoms with E-state index in [0.29, 0.717) is 19.3 Å². The molecule has 0 amide bonds. The molecule has 0 aliphatic carbocycles. The summed E-state index contributed by atoms with van der Waals surface area (Å²) in [4.78, 5) is 21.9. The first-order valence-electron chi connectivity index (χ1n) is 10.2. The van der Waals surface area contributed by atoms with Crippen LogP contribution in [0, 0.1) is 15.9 Å². The molecule has 1 aliphatic heterocycles. The number of nitrogens with zero attached hydrogens (tertiary/aromatic N) is 1. The molecule has 1 heterocycles. The van der Waals surface area contributed by atoms with Crippen LogP contribution in [-0.2, 0) is 14.3 Å².